The number of phosphoric acid groups is 1. The molecule has 15 nitrogen and oxygen atoms in total. The minimum absolute atomic E-state index is 0.0489. The molecule has 0 aliphatic carbocycles. The summed E-state index contributed by atoms with van der Waals surface area (Å²) >= 11 is 0. The van der Waals surface area contributed by atoms with Gasteiger partial charge in [0.05, 0.1) is 41.7 Å². The van der Waals surface area contributed by atoms with Gasteiger partial charge in [-0.2, -0.15) is 0 Å². The van der Waals surface area contributed by atoms with E-state index in [1.165, 1.54) is 64.9 Å². The molecule has 0 bridgehead atoms. The molecule has 0 amide bonds. The van der Waals surface area contributed by atoms with Crippen LogP contribution in [0.4, 0.5) is 0 Å². The normalized spacial score (nSPS) is 13.3. The van der Waals surface area contributed by atoms with E-state index in [1.54, 1.807) is 0 Å². The van der Waals surface area contributed by atoms with E-state index in [2.05, 4.69) is 4.52 Å². The second-order valence-corrected chi connectivity index (χ2v) is 9.74. The Morgan fingerprint density at radius 3 is 1.65 bits per heavy atom. The molecule has 16 heteroatoms. The molecule has 2 rings (SSSR count). The van der Waals surface area contributed by atoms with Crippen molar-refractivity contribution < 1.29 is 66.7 Å². The SMILES string of the molecule is COc1cc(C=CC(=O)OC[C@H](COP(=O)(O)OCCN)OC(=O)C=Cc2cc(OC)c(O)c(OC)c2)cc(OC)c1O. The Morgan fingerprint density at radius 2 is 1.23 bits per heavy atom. The van der Waals surface area contributed by atoms with Crippen molar-refractivity contribution in [3.8, 4) is 34.5 Å². The number of nitrogens with two attached hydrogens (primary N) is 1. The topological polar surface area (TPSA) is 212 Å². The number of phenolic OH excluding ortho intramolecular Hbond substituents is 2. The van der Waals surface area contributed by atoms with E-state index >= 15 is 0 Å². The third kappa shape index (κ3) is 11.1. The molecule has 0 aliphatic heterocycles. The highest BCUT2D eigenvalue weighted by Gasteiger charge is 2.25. The summed E-state index contributed by atoms with van der Waals surface area (Å²) in [7, 11) is 0.822. The Kier molecular flexibility index (Phi) is 13.8. The molecule has 0 aliphatic rings. The molecule has 1 unspecified atom stereocenters. The lowest BCUT2D eigenvalue weighted by Gasteiger charge is -2.18. The van der Waals surface area contributed by atoms with Crippen LogP contribution in [0.2, 0.25) is 0 Å². The van der Waals surface area contributed by atoms with Gasteiger partial charge in [0.2, 0.25) is 11.5 Å². The van der Waals surface area contributed by atoms with Gasteiger partial charge in [-0.3, -0.25) is 9.05 Å². The lowest BCUT2D eigenvalue weighted by molar-refractivity contribution is -0.154. The first-order valence-corrected chi connectivity index (χ1v) is 13.9. The van der Waals surface area contributed by atoms with Gasteiger partial charge in [0.1, 0.15) is 6.61 Å². The van der Waals surface area contributed by atoms with Crippen LogP contribution in [0.3, 0.4) is 0 Å². The summed E-state index contributed by atoms with van der Waals surface area (Å²) in [6.45, 7) is -1.56. The Labute approximate surface area is 247 Å². The number of benzene rings is 2. The van der Waals surface area contributed by atoms with Gasteiger partial charge in [0, 0.05) is 18.7 Å². The molecule has 43 heavy (non-hydrogen) atoms. The van der Waals surface area contributed by atoms with E-state index in [-0.39, 0.29) is 47.6 Å². The summed E-state index contributed by atoms with van der Waals surface area (Å²) in [5.41, 5.74) is 6.10. The fourth-order valence-corrected chi connectivity index (χ4v) is 4.04. The number of rotatable bonds is 17. The smallest absolute Gasteiger partial charge is 0.472 e. The zero-order valence-electron chi connectivity index (χ0n) is 23.9. The molecule has 0 saturated heterocycles. The third-order valence-corrected chi connectivity index (χ3v) is 6.30. The highest BCUT2D eigenvalue weighted by Crippen LogP contribution is 2.43. The summed E-state index contributed by atoms with van der Waals surface area (Å²) in [5.74, 6) is -1.82. The van der Waals surface area contributed by atoms with Gasteiger partial charge in [-0.25, -0.2) is 14.2 Å². The molecule has 0 spiro atoms. The third-order valence-electron chi connectivity index (χ3n) is 5.32. The molecule has 2 aromatic rings. The maximum atomic E-state index is 12.5. The monoisotopic (exact) mass is 627 g/mol. The van der Waals surface area contributed by atoms with Crippen LogP contribution in [-0.2, 0) is 32.7 Å². The quantitative estimate of drug-likeness (QED) is 0.113. The fraction of sp³-hybridized carbons (Fsp3) is 0.333. The first-order valence-electron chi connectivity index (χ1n) is 12.4. The summed E-state index contributed by atoms with van der Waals surface area (Å²) in [5, 5.41) is 20.1. The summed E-state index contributed by atoms with van der Waals surface area (Å²) < 4.78 is 52.3. The highest BCUT2D eigenvalue weighted by molar-refractivity contribution is 7.47. The number of ether oxygens (including phenoxy) is 6. The Balaban J connectivity index is 2.14. The van der Waals surface area contributed by atoms with Crippen molar-refractivity contribution in [1.29, 1.82) is 0 Å². The van der Waals surface area contributed by atoms with Gasteiger partial charge < -0.3 is 49.3 Å². The van der Waals surface area contributed by atoms with Crippen molar-refractivity contribution in [2.75, 3.05) is 54.8 Å². The van der Waals surface area contributed by atoms with Crippen molar-refractivity contribution in [3.05, 3.63) is 47.5 Å². The standard InChI is InChI=1S/C27H34NO14P/c1-35-20-11-17(12-21(36-2)26(20)31)5-7-24(29)39-15-19(16-41-43(33,34)40-10-9-28)42-25(30)8-6-18-13-22(37-3)27(32)23(14-18)38-4/h5-8,11-14,19,31-32H,9-10,15-16,28H2,1-4H3,(H,33,34)/t19-/m1/s1. The molecule has 0 radical (unpaired) electrons. The van der Waals surface area contributed by atoms with Crippen LogP contribution in [0.25, 0.3) is 12.2 Å². The number of hydrogen-bond donors (Lipinski definition) is 4. The number of carbonyl (C=O) groups is 2. The van der Waals surface area contributed by atoms with Crippen LogP contribution in [-0.4, -0.2) is 88.0 Å². The molecule has 236 valence electrons. The molecule has 0 heterocycles. The molecular formula is C27H34NO14P. The number of methoxy groups -OCH3 is 4. The molecule has 2 atom stereocenters. The van der Waals surface area contributed by atoms with Crippen LogP contribution < -0.4 is 24.7 Å². The van der Waals surface area contributed by atoms with Crippen LogP contribution in [0.5, 0.6) is 34.5 Å². The van der Waals surface area contributed by atoms with Crippen molar-refractivity contribution in [1.82, 2.24) is 0 Å². The maximum Gasteiger partial charge on any atom is 0.472 e. The Bertz CT molecular complexity index is 1310. The minimum atomic E-state index is -4.55. The summed E-state index contributed by atoms with van der Waals surface area (Å²) in [4.78, 5) is 34.7. The lowest BCUT2D eigenvalue weighted by Crippen LogP contribution is -2.28. The highest BCUT2D eigenvalue weighted by atomic mass is 31.2. The maximum absolute atomic E-state index is 12.5. The average molecular weight is 628 g/mol. The van der Waals surface area contributed by atoms with E-state index in [0.717, 1.165) is 12.2 Å². The number of hydrogen-bond acceptors (Lipinski definition) is 14. The van der Waals surface area contributed by atoms with E-state index in [4.69, 9.17) is 38.7 Å². The van der Waals surface area contributed by atoms with E-state index in [9.17, 15) is 29.3 Å². The van der Waals surface area contributed by atoms with Gasteiger partial charge in [-0.15, -0.1) is 0 Å². The number of esters is 2. The van der Waals surface area contributed by atoms with Crippen LogP contribution in [0, 0.1) is 0 Å². The Hall–Kier alpha value is -4.27. The van der Waals surface area contributed by atoms with Crippen LogP contribution >= 0.6 is 7.82 Å². The van der Waals surface area contributed by atoms with Crippen LogP contribution in [0.15, 0.2) is 36.4 Å². The zero-order chi connectivity index (χ0) is 32.0. The molecule has 0 fully saturated rings. The van der Waals surface area contributed by atoms with Gasteiger partial charge in [-0.05, 0) is 47.5 Å². The minimum Gasteiger partial charge on any atom is -0.502 e. The second kappa shape index (κ2) is 17.0. The van der Waals surface area contributed by atoms with Gasteiger partial charge >= 0.3 is 19.8 Å². The Morgan fingerprint density at radius 1 is 0.791 bits per heavy atom. The fourth-order valence-electron chi connectivity index (χ4n) is 3.27. The lowest BCUT2D eigenvalue weighted by atomic mass is 10.1. The number of aromatic hydroxyl groups is 2. The van der Waals surface area contributed by atoms with E-state index in [1.807, 2.05) is 0 Å². The molecule has 0 aromatic heterocycles. The number of phenols is 2. The number of carbonyl (C=O) groups excluding carboxylic acids is 2. The van der Waals surface area contributed by atoms with Gasteiger partial charge in [0.15, 0.2) is 29.1 Å². The molecule has 5 N–H and O–H groups in total. The second-order valence-electron chi connectivity index (χ2n) is 8.29. The molecule has 2 aromatic carbocycles. The first-order chi connectivity index (χ1) is 20.5. The van der Waals surface area contributed by atoms with E-state index < -0.39 is 39.1 Å². The zero-order valence-corrected chi connectivity index (χ0v) is 24.8. The molecular weight excluding hydrogens is 593 g/mol. The first kappa shape index (κ1) is 34.9. The van der Waals surface area contributed by atoms with E-state index in [0.29, 0.717) is 11.1 Å². The van der Waals surface area contributed by atoms with Crippen molar-refractivity contribution in [3.63, 3.8) is 0 Å². The van der Waals surface area contributed by atoms with Crippen LogP contribution in [0.1, 0.15) is 11.1 Å². The predicted molar refractivity (Wildman–Crippen MR) is 152 cm³/mol. The van der Waals surface area contributed by atoms with Crippen molar-refractivity contribution in [2.24, 2.45) is 5.73 Å². The predicted octanol–water partition coefficient (Wildman–Crippen LogP) is 2.41. The number of phosphoric ester groups is 1. The van der Waals surface area contributed by atoms with Crippen molar-refractivity contribution >= 4 is 31.9 Å². The molecule has 0 saturated carbocycles. The van der Waals surface area contributed by atoms with Gasteiger partial charge in [-0.1, -0.05) is 0 Å². The van der Waals surface area contributed by atoms with Gasteiger partial charge in [0.25, 0.3) is 0 Å². The average Bonchev–Trinajstić information content (AvgIpc) is 3.00. The largest absolute Gasteiger partial charge is 0.502 e. The summed E-state index contributed by atoms with van der Waals surface area (Å²) in [6, 6.07) is 5.77. The van der Waals surface area contributed by atoms with Crippen molar-refractivity contribution in [2.45, 2.75) is 6.10 Å². The summed E-state index contributed by atoms with van der Waals surface area (Å²) in [6.07, 6.45) is 3.43.